The normalized spacial score (nSPS) is 16.6. The summed E-state index contributed by atoms with van der Waals surface area (Å²) in [6.07, 6.45) is 2.10. The van der Waals surface area contributed by atoms with Crippen LogP contribution in [0.3, 0.4) is 0 Å². The number of rotatable bonds is 7. The largest absolute Gasteiger partial charge is 0.479 e. The first kappa shape index (κ1) is 21.1. The van der Waals surface area contributed by atoms with E-state index < -0.39 is 42.9 Å². The molecule has 1 aromatic carbocycles. The third kappa shape index (κ3) is 6.20. The molecule has 1 aromatic rings. The Bertz CT molecular complexity index is 698. The molecule has 0 saturated carbocycles. The second-order valence-electron chi connectivity index (χ2n) is 5.87. The quantitative estimate of drug-likeness (QED) is 0.599. The zero-order valence-corrected chi connectivity index (χ0v) is 16.5. The van der Waals surface area contributed by atoms with Crippen LogP contribution in [-0.2, 0) is 23.9 Å². The molecule has 1 atom stereocenters. The van der Waals surface area contributed by atoms with Crippen LogP contribution in [0, 0.1) is 5.82 Å². The van der Waals surface area contributed by atoms with Gasteiger partial charge < -0.3 is 19.1 Å². The minimum atomic E-state index is -0.810. The Labute approximate surface area is 164 Å². The van der Waals surface area contributed by atoms with E-state index in [2.05, 4.69) is 15.9 Å². The number of hydrogen-bond donors (Lipinski definition) is 0. The molecule has 0 aliphatic carbocycles. The summed E-state index contributed by atoms with van der Waals surface area (Å²) in [5.74, 6) is -2.46. The first-order valence-corrected chi connectivity index (χ1v) is 9.41. The van der Waals surface area contributed by atoms with Crippen LogP contribution in [0.5, 0.6) is 5.75 Å². The van der Waals surface area contributed by atoms with Crippen LogP contribution in [-0.4, -0.2) is 55.2 Å². The van der Waals surface area contributed by atoms with Gasteiger partial charge in [0.15, 0.2) is 24.8 Å². The van der Waals surface area contributed by atoms with Crippen molar-refractivity contribution in [3.63, 3.8) is 0 Å². The average molecular weight is 446 g/mol. The van der Waals surface area contributed by atoms with E-state index in [0.717, 1.165) is 12.8 Å². The lowest BCUT2D eigenvalue weighted by molar-refractivity contribution is -0.161. The number of carbonyl (C=O) groups is 3. The molecular formula is C18H21BrFNO6. The maximum atomic E-state index is 13.6. The number of ether oxygens (including phenoxy) is 3. The van der Waals surface area contributed by atoms with E-state index in [1.165, 1.54) is 17.0 Å². The molecule has 0 bridgehead atoms. The molecule has 1 aliphatic heterocycles. The summed E-state index contributed by atoms with van der Waals surface area (Å²) in [5, 5.41) is 0. The monoisotopic (exact) mass is 445 g/mol. The fourth-order valence-corrected chi connectivity index (χ4v) is 3.04. The van der Waals surface area contributed by atoms with Crippen LogP contribution in [0.1, 0.15) is 26.2 Å². The molecule has 148 valence electrons. The van der Waals surface area contributed by atoms with Crippen molar-refractivity contribution in [3.8, 4) is 5.75 Å². The second-order valence-corrected chi connectivity index (χ2v) is 6.79. The Kier molecular flexibility index (Phi) is 8.02. The van der Waals surface area contributed by atoms with Crippen LogP contribution < -0.4 is 4.74 Å². The lowest BCUT2D eigenvalue weighted by Gasteiger charge is -2.33. The highest BCUT2D eigenvalue weighted by molar-refractivity contribution is 9.10. The fraction of sp³-hybridized carbons (Fsp3) is 0.500. The summed E-state index contributed by atoms with van der Waals surface area (Å²) in [5.41, 5.74) is 0. The summed E-state index contributed by atoms with van der Waals surface area (Å²) in [6.45, 7) is 1.29. The molecule has 0 spiro atoms. The summed E-state index contributed by atoms with van der Waals surface area (Å²) in [7, 11) is 0. The summed E-state index contributed by atoms with van der Waals surface area (Å²) in [4.78, 5) is 37.4. The molecule has 1 amide bonds. The molecule has 9 heteroatoms. The van der Waals surface area contributed by atoms with E-state index in [0.29, 0.717) is 17.4 Å². The molecule has 2 rings (SSSR count). The van der Waals surface area contributed by atoms with E-state index in [9.17, 15) is 18.8 Å². The molecule has 1 heterocycles. The van der Waals surface area contributed by atoms with E-state index in [1.807, 2.05) is 0 Å². The van der Waals surface area contributed by atoms with Gasteiger partial charge in [-0.25, -0.2) is 14.0 Å². The van der Waals surface area contributed by atoms with Gasteiger partial charge >= 0.3 is 11.9 Å². The minimum absolute atomic E-state index is 0.0973. The standard InChI is InChI=1S/C18H21BrFNO6/c1-2-25-18(24)14-5-3-4-8-21(14)16(22)10-27-17(23)11-26-15-7-6-12(19)9-13(15)20/h6-7,9,14H,2-5,8,10-11H2,1H3. The number of nitrogens with zero attached hydrogens (tertiary/aromatic N) is 1. The highest BCUT2D eigenvalue weighted by Crippen LogP contribution is 2.21. The van der Waals surface area contributed by atoms with Crippen LogP contribution in [0.25, 0.3) is 0 Å². The number of amides is 1. The van der Waals surface area contributed by atoms with Crippen molar-refractivity contribution < 1.29 is 33.0 Å². The number of esters is 2. The Hall–Kier alpha value is -2.16. The number of likely N-dealkylation sites (tertiary alicyclic amines) is 1. The van der Waals surface area contributed by atoms with Gasteiger partial charge in [0.2, 0.25) is 0 Å². The molecule has 0 radical (unpaired) electrons. The molecular weight excluding hydrogens is 425 g/mol. The van der Waals surface area contributed by atoms with Gasteiger partial charge in [0, 0.05) is 11.0 Å². The Morgan fingerprint density at radius 1 is 1.22 bits per heavy atom. The van der Waals surface area contributed by atoms with Crippen molar-refractivity contribution in [2.24, 2.45) is 0 Å². The SMILES string of the molecule is CCOC(=O)C1CCCCN1C(=O)COC(=O)COc1ccc(Br)cc1F. The number of halogens is 2. The summed E-state index contributed by atoms with van der Waals surface area (Å²) in [6, 6.07) is 3.49. The van der Waals surface area contributed by atoms with E-state index in [1.54, 1.807) is 13.0 Å². The van der Waals surface area contributed by atoms with Gasteiger partial charge in [-0.2, -0.15) is 0 Å². The maximum Gasteiger partial charge on any atom is 0.344 e. The first-order valence-electron chi connectivity index (χ1n) is 8.62. The zero-order valence-electron chi connectivity index (χ0n) is 14.9. The van der Waals surface area contributed by atoms with Crippen molar-refractivity contribution in [1.29, 1.82) is 0 Å². The van der Waals surface area contributed by atoms with Crippen molar-refractivity contribution in [2.75, 3.05) is 26.4 Å². The minimum Gasteiger partial charge on any atom is -0.479 e. The number of hydrogen-bond acceptors (Lipinski definition) is 6. The van der Waals surface area contributed by atoms with Crippen molar-refractivity contribution >= 4 is 33.8 Å². The van der Waals surface area contributed by atoms with E-state index in [4.69, 9.17) is 14.2 Å². The van der Waals surface area contributed by atoms with Crippen molar-refractivity contribution in [1.82, 2.24) is 4.90 Å². The van der Waals surface area contributed by atoms with Gasteiger partial charge in [0.05, 0.1) is 6.61 Å². The molecule has 1 fully saturated rings. The third-order valence-corrected chi connectivity index (χ3v) is 4.47. The van der Waals surface area contributed by atoms with Gasteiger partial charge in [-0.3, -0.25) is 4.79 Å². The summed E-state index contributed by atoms with van der Waals surface area (Å²) < 4.78 is 29.1. The Morgan fingerprint density at radius 3 is 2.70 bits per heavy atom. The lowest BCUT2D eigenvalue weighted by Crippen LogP contribution is -2.50. The summed E-state index contributed by atoms with van der Waals surface area (Å²) >= 11 is 3.12. The third-order valence-electron chi connectivity index (χ3n) is 3.98. The van der Waals surface area contributed by atoms with Crippen molar-refractivity contribution in [3.05, 3.63) is 28.5 Å². The number of carbonyl (C=O) groups excluding carboxylic acids is 3. The second kappa shape index (κ2) is 10.2. The smallest absolute Gasteiger partial charge is 0.344 e. The van der Waals surface area contributed by atoms with Gasteiger partial charge in [-0.05, 0) is 44.4 Å². The molecule has 1 saturated heterocycles. The average Bonchev–Trinajstić information content (AvgIpc) is 2.65. The molecule has 27 heavy (non-hydrogen) atoms. The molecule has 0 aromatic heterocycles. The predicted molar refractivity (Wildman–Crippen MR) is 96.5 cm³/mol. The van der Waals surface area contributed by atoms with Gasteiger partial charge in [-0.15, -0.1) is 0 Å². The fourth-order valence-electron chi connectivity index (χ4n) is 2.71. The van der Waals surface area contributed by atoms with Crippen LogP contribution >= 0.6 is 15.9 Å². The topological polar surface area (TPSA) is 82.1 Å². The van der Waals surface area contributed by atoms with Crippen molar-refractivity contribution in [2.45, 2.75) is 32.2 Å². The molecule has 0 N–H and O–H groups in total. The van der Waals surface area contributed by atoms with Gasteiger partial charge in [0.25, 0.3) is 5.91 Å². The number of benzene rings is 1. The first-order chi connectivity index (χ1) is 12.9. The zero-order chi connectivity index (χ0) is 19.8. The number of piperidine rings is 1. The van der Waals surface area contributed by atoms with E-state index in [-0.39, 0.29) is 12.4 Å². The van der Waals surface area contributed by atoms with Gasteiger partial charge in [0.1, 0.15) is 6.04 Å². The lowest BCUT2D eigenvalue weighted by atomic mass is 10.0. The molecule has 1 aliphatic rings. The van der Waals surface area contributed by atoms with Gasteiger partial charge in [-0.1, -0.05) is 15.9 Å². The highest BCUT2D eigenvalue weighted by Gasteiger charge is 2.33. The predicted octanol–water partition coefficient (Wildman–Crippen LogP) is 2.45. The maximum absolute atomic E-state index is 13.6. The van der Waals surface area contributed by atoms with Crippen LogP contribution in [0.15, 0.2) is 22.7 Å². The van der Waals surface area contributed by atoms with E-state index >= 15 is 0 Å². The van der Waals surface area contributed by atoms with Crippen LogP contribution in [0.4, 0.5) is 4.39 Å². The Morgan fingerprint density at radius 2 is 2.00 bits per heavy atom. The van der Waals surface area contributed by atoms with Crippen LogP contribution in [0.2, 0.25) is 0 Å². The Balaban J connectivity index is 1.82. The molecule has 1 unspecified atom stereocenters. The molecule has 7 nitrogen and oxygen atoms in total. The highest BCUT2D eigenvalue weighted by atomic mass is 79.9.